The zero-order chi connectivity index (χ0) is 16.5. The summed E-state index contributed by atoms with van der Waals surface area (Å²) in [7, 11) is 1.52. The summed E-state index contributed by atoms with van der Waals surface area (Å²) in [5, 5.41) is 0. The summed E-state index contributed by atoms with van der Waals surface area (Å²) in [6.45, 7) is 4.09. The summed E-state index contributed by atoms with van der Waals surface area (Å²) in [5.74, 6) is 0.0569. The number of esters is 1. The van der Waals surface area contributed by atoms with E-state index in [0.29, 0.717) is 6.04 Å². The van der Waals surface area contributed by atoms with E-state index < -0.39 is 0 Å². The smallest absolute Gasteiger partial charge is 0.310 e. The number of methoxy groups -OCH3 is 1. The molecule has 0 spiro atoms. The molecule has 3 fully saturated rings. The second-order valence-corrected chi connectivity index (χ2v) is 7.43. The molecule has 1 saturated carbocycles. The fourth-order valence-electron chi connectivity index (χ4n) is 5.77. The molecule has 4 aliphatic rings. The number of carbonyl (C=O) groups excluding carboxylic acids is 1. The van der Waals surface area contributed by atoms with Crippen molar-refractivity contribution >= 4 is 17.4 Å². The van der Waals surface area contributed by atoms with Crippen LogP contribution in [0.5, 0.6) is 0 Å². The highest BCUT2D eigenvalue weighted by Gasteiger charge is 2.65. The number of hydrogen-bond donors (Lipinski definition) is 0. The molecule has 2 saturated heterocycles. The molecule has 0 radical (unpaired) electrons. The van der Waals surface area contributed by atoms with Crippen molar-refractivity contribution in [2.75, 3.05) is 20.2 Å². The van der Waals surface area contributed by atoms with Crippen molar-refractivity contribution < 1.29 is 9.53 Å². The Bertz CT molecular complexity index is 797. The van der Waals surface area contributed by atoms with Gasteiger partial charge < -0.3 is 4.74 Å². The van der Waals surface area contributed by atoms with Crippen LogP contribution in [0.25, 0.3) is 0 Å². The van der Waals surface area contributed by atoms with Crippen LogP contribution in [0.2, 0.25) is 0 Å². The lowest BCUT2D eigenvalue weighted by Crippen LogP contribution is -2.68. The van der Waals surface area contributed by atoms with Crippen molar-refractivity contribution in [2.24, 2.45) is 16.8 Å². The van der Waals surface area contributed by atoms with Crippen LogP contribution in [0, 0.1) is 11.8 Å². The third-order valence-electron chi connectivity index (χ3n) is 6.73. The standard InChI is InChI=1S/C20H22N2O2/c1-3-12-11-22-9-8-20-14-6-4-5-7-15(14)21-18(20)16(22)10-13(12)17(20)19(23)24-2/h3-7,13,16-17H,8-11H2,1-2H3/b12-3-/t13-,16-,17+,20?/m0/s1. The zero-order valence-electron chi connectivity index (χ0n) is 14.2. The van der Waals surface area contributed by atoms with Crippen molar-refractivity contribution in [3.05, 3.63) is 41.5 Å². The fourth-order valence-corrected chi connectivity index (χ4v) is 5.77. The minimum atomic E-state index is -0.261. The second kappa shape index (κ2) is 4.79. The molecule has 24 heavy (non-hydrogen) atoms. The largest absolute Gasteiger partial charge is 0.469 e. The van der Waals surface area contributed by atoms with Gasteiger partial charge in [0.25, 0.3) is 0 Å². The lowest BCUT2D eigenvalue weighted by Gasteiger charge is -2.59. The van der Waals surface area contributed by atoms with E-state index in [0.717, 1.165) is 31.6 Å². The fraction of sp³-hybridized carbons (Fsp3) is 0.500. The molecule has 0 N–H and O–H groups in total. The van der Waals surface area contributed by atoms with Crippen molar-refractivity contribution in [1.29, 1.82) is 0 Å². The topological polar surface area (TPSA) is 41.9 Å². The number of ether oxygens (including phenoxy) is 1. The maximum Gasteiger partial charge on any atom is 0.310 e. The van der Waals surface area contributed by atoms with Crippen LogP contribution in [0.15, 0.2) is 40.9 Å². The average molecular weight is 322 g/mol. The monoisotopic (exact) mass is 322 g/mol. The predicted octanol–water partition coefficient (Wildman–Crippen LogP) is 2.85. The summed E-state index contributed by atoms with van der Waals surface area (Å²) in [4.78, 5) is 20.5. The van der Waals surface area contributed by atoms with Gasteiger partial charge in [-0.2, -0.15) is 0 Å². The molecule has 5 rings (SSSR count). The highest BCUT2D eigenvalue weighted by Crippen LogP contribution is 2.60. The van der Waals surface area contributed by atoms with Crippen molar-refractivity contribution in [1.82, 2.24) is 4.90 Å². The van der Waals surface area contributed by atoms with Gasteiger partial charge in [-0.25, -0.2) is 0 Å². The van der Waals surface area contributed by atoms with Gasteiger partial charge in [0.2, 0.25) is 0 Å². The third-order valence-corrected chi connectivity index (χ3v) is 6.73. The molecule has 124 valence electrons. The number of nitrogens with zero attached hydrogens (tertiary/aromatic N) is 2. The van der Waals surface area contributed by atoms with Gasteiger partial charge in [0.05, 0.1) is 24.1 Å². The lowest BCUT2D eigenvalue weighted by atomic mass is 9.51. The van der Waals surface area contributed by atoms with Crippen LogP contribution in [0.1, 0.15) is 25.3 Å². The van der Waals surface area contributed by atoms with Gasteiger partial charge >= 0.3 is 5.97 Å². The molecule has 3 aliphatic heterocycles. The molecule has 4 nitrogen and oxygen atoms in total. The Labute approximate surface area is 142 Å². The van der Waals surface area contributed by atoms with Crippen LogP contribution >= 0.6 is 0 Å². The number of rotatable bonds is 1. The molecule has 0 amide bonds. The first-order valence-electron chi connectivity index (χ1n) is 8.86. The number of carbonyl (C=O) groups is 1. The van der Waals surface area contributed by atoms with Crippen molar-refractivity contribution in [3.63, 3.8) is 0 Å². The Morgan fingerprint density at radius 1 is 1.42 bits per heavy atom. The molecule has 4 atom stereocenters. The molecule has 3 bridgehead atoms. The minimum absolute atomic E-state index is 0.0717. The molecular formula is C20H22N2O2. The molecule has 3 heterocycles. The van der Waals surface area contributed by atoms with Crippen LogP contribution in [-0.4, -0.2) is 42.8 Å². The van der Waals surface area contributed by atoms with Gasteiger partial charge in [-0.05, 0) is 37.3 Å². The van der Waals surface area contributed by atoms with E-state index in [4.69, 9.17) is 9.73 Å². The molecule has 1 unspecified atom stereocenters. The minimum Gasteiger partial charge on any atom is -0.469 e. The van der Waals surface area contributed by atoms with Gasteiger partial charge in [-0.1, -0.05) is 29.8 Å². The highest BCUT2D eigenvalue weighted by atomic mass is 16.5. The molecular weight excluding hydrogens is 300 g/mol. The number of aliphatic imine (C=N–C) groups is 1. The number of benzene rings is 1. The Morgan fingerprint density at radius 2 is 2.25 bits per heavy atom. The number of hydrogen-bond acceptors (Lipinski definition) is 4. The molecule has 1 aliphatic carbocycles. The quantitative estimate of drug-likeness (QED) is 0.590. The molecule has 1 aromatic rings. The summed E-state index contributed by atoms with van der Waals surface area (Å²) >= 11 is 0. The summed E-state index contributed by atoms with van der Waals surface area (Å²) in [6, 6.07) is 8.76. The zero-order valence-corrected chi connectivity index (χ0v) is 14.2. The van der Waals surface area contributed by atoms with E-state index in [9.17, 15) is 4.79 Å². The van der Waals surface area contributed by atoms with Gasteiger partial charge in [0, 0.05) is 24.8 Å². The molecule has 0 aromatic heterocycles. The maximum absolute atomic E-state index is 12.9. The SMILES string of the molecule is C/C=C1/CN2CCC34C(=Nc5ccccc53)[C@@H]2C[C@@H]1[C@@H]4C(=O)OC. The van der Waals surface area contributed by atoms with E-state index in [-0.39, 0.29) is 23.2 Å². The Kier molecular flexibility index (Phi) is 2.88. The van der Waals surface area contributed by atoms with E-state index in [1.54, 1.807) is 0 Å². The number of fused-ring (bicyclic) bond motifs is 2. The summed E-state index contributed by atoms with van der Waals surface area (Å²) < 4.78 is 5.31. The van der Waals surface area contributed by atoms with Crippen LogP contribution < -0.4 is 0 Å². The van der Waals surface area contributed by atoms with Gasteiger partial charge in [0.15, 0.2) is 0 Å². The van der Waals surface area contributed by atoms with Gasteiger partial charge in [-0.15, -0.1) is 0 Å². The second-order valence-electron chi connectivity index (χ2n) is 7.43. The summed E-state index contributed by atoms with van der Waals surface area (Å²) in [5.41, 5.74) is 4.64. The first kappa shape index (κ1) is 14.4. The van der Waals surface area contributed by atoms with Gasteiger partial charge in [0.1, 0.15) is 0 Å². The number of piperidine rings is 2. The van der Waals surface area contributed by atoms with E-state index in [1.807, 2.05) is 6.07 Å². The number of para-hydroxylation sites is 1. The van der Waals surface area contributed by atoms with Crippen LogP contribution in [0.3, 0.4) is 0 Å². The van der Waals surface area contributed by atoms with Gasteiger partial charge in [-0.3, -0.25) is 14.7 Å². The van der Waals surface area contributed by atoms with Crippen molar-refractivity contribution in [2.45, 2.75) is 31.2 Å². The Morgan fingerprint density at radius 3 is 3.04 bits per heavy atom. The van der Waals surface area contributed by atoms with E-state index in [1.165, 1.54) is 24.0 Å². The van der Waals surface area contributed by atoms with E-state index in [2.05, 4.69) is 36.1 Å². The number of allylic oxidation sites excluding steroid dienone is 1. The predicted molar refractivity (Wildman–Crippen MR) is 92.6 cm³/mol. The van der Waals surface area contributed by atoms with Crippen LogP contribution in [0.4, 0.5) is 5.69 Å². The molecule has 4 heteroatoms. The normalized spacial score (nSPS) is 37.8. The van der Waals surface area contributed by atoms with Crippen molar-refractivity contribution in [3.8, 4) is 0 Å². The summed E-state index contributed by atoms with van der Waals surface area (Å²) in [6.07, 6.45) is 4.17. The average Bonchev–Trinajstić information content (AvgIpc) is 2.96. The first-order chi connectivity index (χ1) is 11.7. The Hall–Kier alpha value is -1.94. The Balaban J connectivity index is 1.79. The van der Waals surface area contributed by atoms with E-state index >= 15 is 0 Å². The van der Waals surface area contributed by atoms with Crippen LogP contribution in [-0.2, 0) is 14.9 Å². The first-order valence-corrected chi connectivity index (χ1v) is 8.86. The third kappa shape index (κ3) is 1.53. The molecule has 1 aromatic carbocycles. The highest BCUT2D eigenvalue weighted by molar-refractivity contribution is 6.09. The maximum atomic E-state index is 12.9. The lowest BCUT2D eigenvalue weighted by molar-refractivity contribution is -0.151.